The molecule has 0 saturated carbocycles. The van der Waals surface area contributed by atoms with Crippen molar-refractivity contribution in [3.8, 4) is 0 Å². The molecule has 0 unspecified atom stereocenters. The van der Waals surface area contributed by atoms with Crippen LogP contribution in [0.3, 0.4) is 0 Å². The predicted octanol–water partition coefficient (Wildman–Crippen LogP) is 6.50. The first-order valence-electron chi connectivity index (χ1n) is 11.5. The van der Waals surface area contributed by atoms with E-state index in [-0.39, 0.29) is 19.0 Å². The molecule has 4 aromatic rings. The number of piperidine rings is 1. The molecular weight excluding hydrogens is 490 g/mol. The van der Waals surface area contributed by atoms with Crippen LogP contribution in [-0.2, 0) is 16.6 Å². The van der Waals surface area contributed by atoms with Gasteiger partial charge in [-0.3, -0.25) is 0 Å². The molecule has 182 valence electrons. The molecule has 1 fully saturated rings. The van der Waals surface area contributed by atoms with E-state index in [1.165, 1.54) is 9.87 Å². The molecule has 5 rings (SSSR count). The Kier molecular flexibility index (Phi) is 6.42. The molecule has 0 spiro atoms. The van der Waals surface area contributed by atoms with Gasteiger partial charge in [0.25, 0.3) is 0 Å². The maximum atomic E-state index is 14.2. The first-order valence-corrected chi connectivity index (χ1v) is 13.3. The predicted molar refractivity (Wildman–Crippen MR) is 134 cm³/mol. The third-order valence-corrected chi connectivity index (χ3v) is 9.03. The van der Waals surface area contributed by atoms with E-state index in [9.17, 15) is 17.2 Å². The SMILES string of the molecule is Cc1c(C2CCN(S(=O)(=O)c3cc(F)ccc3F)CC2)c2ccccc2n1Cc1cccc(Cl)c1. The number of aromatic nitrogens is 1. The van der Waals surface area contributed by atoms with Gasteiger partial charge in [0.05, 0.1) is 0 Å². The van der Waals surface area contributed by atoms with E-state index in [2.05, 4.69) is 29.7 Å². The summed E-state index contributed by atoms with van der Waals surface area (Å²) in [6.07, 6.45) is 1.20. The van der Waals surface area contributed by atoms with Gasteiger partial charge in [0.15, 0.2) is 0 Å². The molecule has 0 amide bonds. The van der Waals surface area contributed by atoms with Crippen molar-refractivity contribution in [1.82, 2.24) is 8.87 Å². The second-order valence-corrected chi connectivity index (χ2v) is 11.3. The first kappa shape index (κ1) is 24.0. The maximum absolute atomic E-state index is 14.2. The lowest BCUT2D eigenvalue weighted by Crippen LogP contribution is -2.38. The van der Waals surface area contributed by atoms with Gasteiger partial charge in [-0.15, -0.1) is 0 Å². The smallest absolute Gasteiger partial charge is 0.246 e. The summed E-state index contributed by atoms with van der Waals surface area (Å²) < 4.78 is 57.4. The summed E-state index contributed by atoms with van der Waals surface area (Å²) in [4.78, 5) is -0.606. The van der Waals surface area contributed by atoms with Gasteiger partial charge in [-0.25, -0.2) is 17.2 Å². The zero-order valence-electron chi connectivity index (χ0n) is 19.2. The van der Waals surface area contributed by atoms with Gasteiger partial charge in [-0.2, -0.15) is 4.31 Å². The molecule has 1 aromatic heterocycles. The number of hydrogen-bond acceptors (Lipinski definition) is 2. The lowest BCUT2D eigenvalue weighted by molar-refractivity contribution is 0.318. The summed E-state index contributed by atoms with van der Waals surface area (Å²) in [6.45, 7) is 3.27. The minimum absolute atomic E-state index is 0.157. The van der Waals surface area contributed by atoms with Crippen molar-refractivity contribution >= 4 is 32.5 Å². The highest BCUT2D eigenvalue weighted by molar-refractivity contribution is 7.89. The summed E-state index contributed by atoms with van der Waals surface area (Å²) in [5.41, 5.74) is 4.59. The minimum atomic E-state index is -4.11. The van der Waals surface area contributed by atoms with E-state index in [4.69, 9.17) is 11.6 Å². The van der Waals surface area contributed by atoms with Crippen LogP contribution in [-0.4, -0.2) is 30.4 Å². The minimum Gasteiger partial charge on any atom is -0.340 e. The lowest BCUT2D eigenvalue weighted by Gasteiger charge is -2.31. The van der Waals surface area contributed by atoms with E-state index in [1.54, 1.807) is 0 Å². The van der Waals surface area contributed by atoms with Gasteiger partial charge in [-0.05, 0) is 73.2 Å². The molecule has 4 nitrogen and oxygen atoms in total. The van der Waals surface area contributed by atoms with Crippen molar-refractivity contribution in [3.05, 3.63) is 100 Å². The summed E-state index contributed by atoms with van der Waals surface area (Å²) in [5.74, 6) is -1.55. The van der Waals surface area contributed by atoms with Gasteiger partial charge in [0, 0.05) is 41.3 Å². The van der Waals surface area contributed by atoms with E-state index in [1.807, 2.05) is 30.3 Å². The highest BCUT2D eigenvalue weighted by Crippen LogP contribution is 2.39. The van der Waals surface area contributed by atoms with Crippen molar-refractivity contribution in [1.29, 1.82) is 0 Å². The molecule has 35 heavy (non-hydrogen) atoms. The Labute approximate surface area is 208 Å². The molecule has 8 heteroatoms. The topological polar surface area (TPSA) is 42.3 Å². The average Bonchev–Trinajstić information content (AvgIpc) is 3.12. The zero-order valence-corrected chi connectivity index (χ0v) is 20.8. The maximum Gasteiger partial charge on any atom is 0.246 e. The highest BCUT2D eigenvalue weighted by Gasteiger charge is 2.33. The molecule has 0 atom stereocenters. The van der Waals surface area contributed by atoms with Crippen molar-refractivity contribution in [2.75, 3.05) is 13.1 Å². The summed E-state index contributed by atoms with van der Waals surface area (Å²) in [5, 5.41) is 1.85. The van der Waals surface area contributed by atoms with Crippen LogP contribution in [0.1, 0.15) is 35.6 Å². The quantitative estimate of drug-likeness (QED) is 0.305. The number of nitrogens with zero attached hydrogens (tertiary/aromatic N) is 2. The molecule has 0 bridgehead atoms. The van der Waals surface area contributed by atoms with Crippen LogP contribution in [0.2, 0.25) is 5.02 Å². The Morgan fingerprint density at radius 2 is 1.71 bits per heavy atom. The number of rotatable bonds is 5. The molecular formula is C27H25ClF2N2O2S. The summed E-state index contributed by atoms with van der Waals surface area (Å²) >= 11 is 6.20. The number of benzene rings is 3. The van der Waals surface area contributed by atoms with Gasteiger partial charge in [-0.1, -0.05) is 41.9 Å². The fourth-order valence-electron chi connectivity index (χ4n) is 5.19. The van der Waals surface area contributed by atoms with Crippen molar-refractivity contribution < 1.29 is 17.2 Å². The van der Waals surface area contributed by atoms with Gasteiger partial charge in [0.1, 0.15) is 16.5 Å². The number of fused-ring (bicyclic) bond motifs is 1. The van der Waals surface area contributed by atoms with E-state index >= 15 is 0 Å². The van der Waals surface area contributed by atoms with Crippen LogP contribution < -0.4 is 0 Å². The fraction of sp³-hybridized carbons (Fsp3) is 0.259. The number of halogens is 3. The molecule has 0 aliphatic carbocycles. The van der Waals surface area contributed by atoms with E-state index in [0.717, 1.165) is 40.4 Å². The van der Waals surface area contributed by atoms with Crippen molar-refractivity contribution in [2.45, 2.75) is 37.1 Å². The van der Waals surface area contributed by atoms with Crippen LogP contribution in [0, 0.1) is 18.6 Å². The molecule has 0 radical (unpaired) electrons. The Bertz CT molecular complexity index is 1510. The first-order chi connectivity index (χ1) is 16.8. The van der Waals surface area contributed by atoms with E-state index in [0.29, 0.717) is 24.4 Å². The molecule has 1 aliphatic heterocycles. The van der Waals surface area contributed by atoms with Gasteiger partial charge < -0.3 is 4.57 Å². The number of sulfonamides is 1. The Hall–Kier alpha value is -2.74. The standard InChI is InChI=1S/C27H25ClF2N2O2S/c1-18-27(23-7-2-3-8-25(23)32(18)17-19-5-4-6-21(28)15-19)20-11-13-31(14-12-20)35(33,34)26-16-22(29)9-10-24(26)30/h2-10,15-16,20H,11-14,17H2,1H3. The monoisotopic (exact) mass is 514 g/mol. The summed E-state index contributed by atoms with van der Waals surface area (Å²) in [7, 11) is -4.11. The average molecular weight is 515 g/mol. The normalized spacial score (nSPS) is 15.7. The zero-order chi connectivity index (χ0) is 24.7. The highest BCUT2D eigenvalue weighted by atomic mass is 35.5. The van der Waals surface area contributed by atoms with Crippen molar-refractivity contribution in [2.24, 2.45) is 0 Å². The Morgan fingerprint density at radius 3 is 2.46 bits per heavy atom. The van der Waals surface area contributed by atoms with E-state index < -0.39 is 26.6 Å². The van der Waals surface area contributed by atoms with Gasteiger partial charge >= 0.3 is 0 Å². The molecule has 0 N–H and O–H groups in total. The fourth-order valence-corrected chi connectivity index (χ4v) is 6.95. The second kappa shape index (κ2) is 9.37. The molecule has 1 aliphatic rings. The summed E-state index contributed by atoms with van der Waals surface area (Å²) in [6, 6.07) is 18.6. The Morgan fingerprint density at radius 1 is 0.971 bits per heavy atom. The largest absolute Gasteiger partial charge is 0.340 e. The number of para-hydroxylation sites is 1. The van der Waals surface area contributed by atoms with Crippen LogP contribution in [0.25, 0.3) is 10.9 Å². The van der Waals surface area contributed by atoms with Gasteiger partial charge in [0.2, 0.25) is 10.0 Å². The third kappa shape index (κ3) is 4.48. The van der Waals surface area contributed by atoms with Crippen LogP contribution in [0.5, 0.6) is 0 Å². The lowest BCUT2D eigenvalue weighted by atomic mass is 9.88. The molecule has 3 aromatic carbocycles. The van der Waals surface area contributed by atoms with Crippen LogP contribution in [0.4, 0.5) is 8.78 Å². The molecule has 1 saturated heterocycles. The Balaban J connectivity index is 1.44. The second-order valence-electron chi connectivity index (χ2n) is 8.99. The molecule has 2 heterocycles. The van der Waals surface area contributed by atoms with Crippen LogP contribution in [0.15, 0.2) is 71.6 Å². The van der Waals surface area contributed by atoms with Crippen LogP contribution >= 0.6 is 11.6 Å². The van der Waals surface area contributed by atoms with Crippen molar-refractivity contribution in [3.63, 3.8) is 0 Å². The third-order valence-electron chi connectivity index (χ3n) is 6.88. The number of hydrogen-bond donors (Lipinski definition) is 0.